The monoisotopic (exact) mass is 276 g/mol. The Morgan fingerprint density at radius 3 is 3.00 bits per heavy atom. The summed E-state index contributed by atoms with van der Waals surface area (Å²) < 4.78 is 4.94. The zero-order valence-electron chi connectivity index (χ0n) is 10.3. The number of aryl methyl sites for hydroxylation is 1. The molecule has 3 rings (SSSR count). The van der Waals surface area contributed by atoms with Gasteiger partial charge in [0.15, 0.2) is 5.58 Å². The van der Waals surface area contributed by atoms with Crippen molar-refractivity contribution < 1.29 is 4.42 Å². The van der Waals surface area contributed by atoms with Gasteiger partial charge in [-0.2, -0.15) is 0 Å². The Kier molecular flexibility index (Phi) is 3.04. The number of nitrogens with zero attached hydrogens (tertiary/aromatic N) is 2. The Balaban J connectivity index is 1.75. The minimum Gasteiger partial charge on any atom is -0.408 e. The SMILES string of the molecule is CCc1nnc(CNc2ccc3oc(=O)[nH]c3c2)s1. The Labute approximate surface area is 112 Å². The lowest BCUT2D eigenvalue weighted by molar-refractivity contribution is 0.555. The molecular weight excluding hydrogens is 264 g/mol. The van der Waals surface area contributed by atoms with Crippen molar-refractivity contribution in [3.63, 3.8) is 0 Å². The van der Waals surface area contributed by atoms with Gasteiger partial charge in [-0.1, -0.05) is 18.3 Å². The molecule has 6 nitrogen and oxygen atoms in total. The van der Waals surface area contributed by atoms with Crippen LogP contribution in [0.1, 0.15) is 16.9 Å². The summed E-state index contributed by atoms with van der Waals surface area (Å²) in [5.74, 6) is -0.441. The van der Waals surface area contributed by atoms with Crippen LogP contribution in [-0.2, 0) is 13.0 Å². The summed E-state index contributed by atoms with van der Waals surface area (Å²) in [5.41, 5.74) is 2.14. The van der Waals surface area contributed by atoms with Gasteiger partial charge in [-0.15, -0.1) is 10.2 Å². The van der Waals surface area contributed by atoms with E-state index >= 15 is 0 Å². The highest BCUT2D eigenvalue weighted by atomic mass is 32.1. The van der Waals surface area contributed by atoms with E-state index < -0.39 is 5.76 Å². The van der Waals surface area contributed by atoms with Gasteiger partial charge in [-0.25, -0.2) is 4.79 Å². The molecule has 0 aliphatic heterocycles. The molecule has 3 aromatic rings. The first-order valence-corrected chi connectivity index (χ1v) is 6.74. The molecule has 1 aromatic carbocycles. The number of oxazole rings is 1. The van der Waals surface area contributed by atoms with Gasteiger partial charge in [-0.05, 0) is 24.6 Å². The van der Waals surface area contributed by atoms with Crippen LogP contribution in [0.3, 0.4) is 0 Å². The first-order valence-electron chi connectivity index (χ1n) is 5.92. The zero-order valence-corrected chi connectivity index (χ0v) is 11.1. The van der Waals surface area contributed by atoms with Crippen LogP contribution < -0.4 is 11.1 Å². The average Bonchev–Trinajstić information content (AvgIpc) is 3.00. The van der Waals surface area contributed by atoms with Gasteiger partial charge >= 0.3 is 5.76 Å². The van der Waals surface area contributed by atoms with Crippen LogP contribution in [0.4, 0.5) is 5.69 Å². The van der Waals surface area contributed by atoms with E-state index in [2.05, 4.69) is 27.4 Å². The maximum absolute atomic E-state index is 11.1. The van der Waals surface area contributed by atoms with E-state index in [1.807, 2.05) is 12.1 Å². The Morgan fingerprint density at radius 2 is 2.21 bits per heavy atom. The molecule has 7 heteroatoms. The third kappa shape index (κ3) is 2.50. The van der Waals surface area contributed by atoms with Crippen molar-refractivity contribution in [2.45, 2.75) is 19.9 Å². The summed E-state index contributed by atoms with van der Waals surface area (Å²) in [7, 11) is 0. The molecule has 0 amide bonds. The van der Waals surface area contributed by atoms with E-state index in [1.54, 1.807) is 17.4 Å². The molecule has 0 aliphatic rings. The molecule has 0 unspecified atom stereocenters. The smallest absolute Gasteiger partial charge is 0.408 e. The molecule has 2 aromatic heterocycles. The molecule has 0 spiro atoms. The number of hydrogen-bond acceptors (Lipinski definition) is 6. The summed E-state index contributed by atoms with van der Waals surface area (Å²) in [6.45, 7) is 2.67. The Bertz CT molecular complexity index is 758. The van der Waals surface area contributed by atoms with Gasteiger partial charge in [0.05, 0.1) is 12.1 Å². The second kappa shape index (κ2) is 4.85. The zero-order chi connectivity index (χ0) is 13.2. The van der Waals surface area contributed by atoms with E-state index in [0.29, 0.717) is 17.6 Å². The molecule has 98 valence electrons. The molecule has 0 aliphatic carbocycles. The van der Waals surface area contributed by atoms with Crippen LogP contribution in [0.25, 0.3) is 11.1 Å². The van der Waals surface area contributed by atoms with Crippen molar-refractivity contribution in [3.05, 3.63) is 38.8 Å². The fourth-order valence-electron chi connectivity index (χ4n) is 1.74. The predicted octanol–water partition coefficient (Wildman–Crippen LogP) is 2.15. The van der Waals surface area contributed by atoms with Crippen molar-refractivity contribution in [1.29, 1.82) is 0 Å². The van der Waals surface area contributed by atoms with Crippen LogP contribution in [0, 0.1) is 0 Å². The maximum atomic E-state index is 11.1. The van der Waals surface area contributed by atoms with Crippen molar-refractivity contribution >= 4 is 28.1 Å². The Hall–Kier alpha value is -2.15. The number of aromatic amines is 1. The summed E-state index contributed by atoms with van der Waals surface area (Å²) in [6.07, 6.45) is 0.903. The standard InChI is InChI=1S/C12H12N4O2S/c1-2-10-15-16-11(19-10)6-13-7-3-4-9-8(5-7)14-12(17)18-9/h3-5,13H,2,6H2,1H3,(H,14,17). The molecule has 19 heavy (non-hydrogen) atoms. The first-order chi connectivity index (χ1) is 9.24. The summed E-state index contributed by atoms with van der Waals surface area (Å²) in [5, 5.41) is 13.4. The first kappa shape index (κ1) is 11.9. The summed E-state index contributed by atoms with van der Waals surface area (Å²) >= 11 is 1.60. The van der Waals surface area contributed by atoms with E-state index in [1.165, 1.54) is 0 Å². The molecular formula is C12H12N4O2S. The van der Waals surface area contributed by atoms with Crippen molar-refractivity contribution in [2.24, 2.45) is 0 Å². The minimum atomic E-state index is -0.441. The highest BCUT2D eigenvalue weighted by Crippen LogP contribution is 2.18. The van der Waals surface area contributed by atoms with Gasteiger partial charge in [0.2, 0.25) is 0 Å². The maximum Gasteiger partial charge on any atom is 0.417 e. The number of aromatic nitrogens is 3. The summed E-state index contributed by atoms with van der Waals surface area (Å²) in [4.78, 5) is 13.7. The van der Waals surface area contributed by atoms with Gasteiger partial charge in [-0.3, -0.25) is 4.98 Å². The van der Waals surface area contributed by atoms with Crippen LogP contribution in [-0.4, -0.2) is 15.2 Å². The Morgan fingerprint density at radius 1 is 1.37 bits per heavy atom. The third-order valence-corrected chi connectivity index (χ3v) is 3.74. The van der Waals surface area contributed by atoms with Crippen molar-refractivity contribution in [1.82, 2.24) is 15.2 Å². The number of benzene rings is 1. The largest absolute Gasteiger partial charge is 0.417 e. The predicted molar refractivity (Wildman–Crippen MR) is 73.4 cm³/mol. The molecule has 2 heterocycles. The summed E-state index contributed by atoms with van der Waals surface area (Å²) in [6, 6.07) is 5.45. The van der Waals surface area contributed by atoms with Gasteiger partial charge in [0.25, 0.3) is 0 Å². The lowest BCUT2D eigenvalue weighted by atomic mass is 10.3. The second-order valence-electron chi connectivity index (χ2n) is 4.02. The molecule has 0 saturated heterocycles. The number of nitrogens with one attached hydrogen (secondary N) is 2. The number of anilines is 1. The molecule has 0 radical (unpaired) electrons. The number of rotatable bonds is 4. The van der Waals surface area contributed by atoms with Gasteiger partial charge < -0.3 is 9.73 Å². The van der Waals surface area contributed by atoms with Crippen molar-refractivity contribution in [2.75, 3.05) is 5.32 Å². The lowest BCUT2D eigenvalue weighted by Gasteiger charge is -2.02. The average molecular weight is 276 g/mol. The topological polar surface area (TPSA) is 83.8 Å². The normalized spacial score (nSPS) is 11.0. The second-order valence-corrected chi connectivity index (χ2v) is 5.17. The van der Waals surface area contributed by atoms with E-state index in [-0.39, 0.29) is 0 Å². The molecule has 2 N–H and O–H groups in total. The third-order valence-electron chi connectivity index (χ3n) is 2.67. The molecule has 0 bridgehead atoms. The molecule has 0 atom stereocenters. The molecule has 0 fully saturated rings. The van der Waals surface area contributed by atoms with Crippen LogP contribution >= 0.6 is 11.3 Å². The lowest BCUT2D eigenvalue weighted by Crippen LogP contribution is -1.98. The quantitative estimate of drug-likeness (QED) is 0.762. The van der Waals surface area contributed by atoms with Crippen molar-refractivity contribution in [3.8, 4) is 0 Å². The fraction of sp³-hybridized carbons (Fsp3) is 0.250. The number of hydrogen-bond donors (Lipinski definition) is 2. The van der Waals surface area contributed by atoms with Crippen LogP contribution in [0.15, 0.2) is 27.4 Å². The number of fused-ring (bicyclic) bond motifs is 1. The number of H-pyrrole nitrogens is 1. The highest BCUT2D eigenvalue weighted by Gasteiger charge is 2.04. The van der Waals surface area contributed by atoms with Crippen LogP contribution in [0.5, 0.6) is 0 Å². The minimum absolute atomic E-state index is 0.441. The van der Waals surface area contributed by atoms with E-state index in [9.17, 15) is 4.79 Å². The van der Waals surface area contributed by atoms with Crippen LogP contribution in [0.2, 0.25) is 0 Å². The van der Waals surface area contributed by atoms with E-state index in [4.69, 9.17) is 4.42 Å². The van der Waals surface area contributed by atoms with Gasteiger partial charge in [0.1, 0.15) is 10.0 Å². The highest BCUT2D eigenvalue weighted by molar-refractivity contribution is 7.11. The fourth-order valence-corrected chi connectivity index (χ4v) is 2.47. The molecule has 0 saturated carbocycles. The van der Waals surface area contributed by atoms with Gasteiger partial charge in [0, 0.05) is 5.69 Å². The van der Waals surface area contributed by atoms with E-state index in [0.717, 1.165) is 22.1 Å².